The van der Waals surface area contributed by atoms with Crippen molar-refractivity contribution in [3.8, 4) is 0 Å². The minimum atomic E-state index is -0.646. The summed E-state index contributed by atoms with van der Waals surface area (Å²) in [6.45, 7) is 4.00. The lowest BCUT2D eigenvalue weighted by molar-refractivity contribution is 0.0991. The van der Waals surface area contributed by atoms with Crippen molar-refractivity contribution in [2.24, 2.45) is 5.73 Å². The van der Waals surface area contributed by atoms with Gasteiger partial charge in [0.25, 0.3) is 11.8 Å². The molecule has 0 fully saturated rings. The van der Waals surface area contributed by atoms with Gasteiger partial charge in [-0.25, -0.2) is 0 Å². The van der Waals surface area contributed by atoms with Crippen LogP contribution in [-0.4, -0.2) is 21.6 Å². The lowest BCUT2D eigenvalue weighted by Gasteiger charge is -2.08. The van der Waals surface area contributed by atoms with Gasteiger partial charge in [-0.3, -0.25) is 14.3 Å². The zero-order valence-electron chi connectivity index (χ0n) is 11.7. The fourth-order valence-electron chi connectivity index (χ4n) is 2.04. The van der Waals surface area contributed by atoms with E-state index in [0.29, 0.717) is 28.5 Å². The molecule has 0 atom stereocenters. The number of anilines is 1. The van der Waals surface area contributed by atoms with Crippen molar-refractivity contribution in [1.82, 2.24) is 9.78 Å². The van der Waals surface area contributed by atoms with Crippen LogP contribution in [0.15, 0.2) is 24.3 Å². The van der Waals surface area contributed by atoms with Crippen LogP contribution in [-0.2, 0) is 6.54 Å². The van der Waals surface area contributed by atoms with E-state index >= 15 is 0 Å². The number of carbonyl (C=O) groups is 2. The van der Waals surface area contributed by atoms with Crippen molar-refractivity contribution in [3.05, 3.63) is 46.2 Å². The summed E-state index contributed by atoms with van der Waals surface area (Å²) in [6, 6.07) is 6.65. The van der Waals surface area contributed by atoms with Crippen LogP contribution >= 0.6 is 11.6 Å². The SMILES string of the molecule is CCn1nc(C)c(NC(=O)c2ccccc2Cl)c1C(N)=O. The van der Waals surface area contributed by atoms with Gasteiger partial charge in [-0.2, -0.15) is 5.10 Å². The van der Waals surface area contributed by atoms with Crippen molar-refractivity contribution >= 4 is 29.1 Å². The molecule has 1 heterocycles. The molecule has 2 rings (SSSR count). The highest BCUT2D eigenvalue weighted by molar-refractivity contribution is 6.34. The molecule has 0 bridgehead atoms. The molecule has 7 heteroatoms. The van der Waals surface area contributed by atoms with Gasteiger partial charge in [0, 0.05) is 6.54 Å². The zero-order chi connectivity index (χ0) is 15.6. The highest BCUT2D eigenvalue weighted by Crippen LogP contribution is 2.22. The first-order valence-electron chi connectivity index (χ1n) is 6.38. The number of rotatable bonds is 4. The number of nitrogens with two attached hydrogens (primary N) is 1. The molecule has 0 aliphatic rings. The first-order chi connectivity index (χ1) is 9.95. The Morgan fingerprint density at radius 1 is 1.38 bits per heavy atom. The highest BCUT2D eigenvalue weighted by Gasteiger charge is 2.21. The fourth-order valence-corrected chi connectivity index (χ4v) is 2.26. The zero-order valence-corrected chi connectivity index (χ0v) is 12.4. The predicted octanol–water partition coefficient (Wildman–Crippen LogP) is 2.22. The number of aryl methyl sites for hydroxylation is 2. The number of nitrogens with one attached hydrogen (secondary N) is 1. The largest absolute Gasteiger partial charge is 0.364 e. The number of amides is 2. The molecule has 6 nitrogen and oxygen atoms in total. The Bertz CT molecular complexity index is 709. The Morgan fingerprint density at radius 3 is 2.62 bits per heavy atom. The van der Waals surface area contributed by atoms with Crippen LogP contribution in [0.2, 0.25) is 5.02 Å². The third-order valence-corrected chi connectivity index (χ3v) is 3.35. The topological polar surface area (TPSA) is 90.0 Å². The smallest absolute Gasteiger partial charge is 0.269 e. The van der Waals surface area contributed by atoms with Gasteiger partial charge in [-0.1, -0.05) is 23.7 Å². The first kappa shape index (κ1) is 15.1. The Balaban J connectivity index is 2.40. The minimum absolute atomic E-state index is 0.176. The Morgan fingerprint density at radius 2 is 2.05 bits per heavy atom. The standard InChI is InChI=1S/C14H15ClN4O2/c1-3-19-12(13(16)20)11(8(2)18-19)17-14(21)9-6-4-5-7-10(9)15/h4-7H,3H2,1-2H3,(H2,16,20)(H,17,21). The van der Waals surface area contributed by atoms with Gasteiger partial charge in [0.2, 0.25) is 0 Å². The molecule has 0 spiro atoms. The Hall–Kier alpha value is -2.34. The number of halogens is 1. The highest BCUT2D eigenvalue weighted by atomic mass is 35.5. The molecule has 110 valence electrons. The van der Waals surface area contributed by atoms with Crippen LogP contribution in [0.3, 0.4) is 0 Å². The van der Waals surface area contributed by atoms with E-state index in [1.54, 1.807) is 31.2 Å². The van der Waals surface area contributed by atoms with E-state index in [1.807, 2.05) is 6.92 Å². The van der Waals surface area contributed by atoms with Gasteiger partial charge in [0.15, 0.2) is 0 Å². The van der Waals surface area contributed by atoms with Crippen LogP contribution in [0.4, 0.5) is 5.69 Å². The van der Waals surface area contributed by atoms with Crippen molar-refractivity contribution in [2.45, 2.75) is 20.4 Å². The summed E-state index contributed by atoms with van der Waals surface area (Å²) in [5.41, 5.74) is 6.70. The average molecular weight is 307 g/mol. The quantitative estimate of drug-likeness (QED) is 0.907. The molecule has 0 unspecified atom stereocenters. The van der Waals surface area contributed by atoms with Crippen molar-refractivity contribution in [1.29, 1.82) is 0 Å². The van der Waals surface area contributed by atoms with E-state index < -0.39 is 11.8 Å². The molecular weight excluding hydrogens is 292 g/mol. The van der Waals surface area contributed by atoms with Crippen molar-refractivity contribution in [2.75, 3.05) is 5.32 Å². The molecule has 1 aromatic heterocycles. The van der Waals surface area contributed by atoms with Gasteiger partial charge < -0.3 is 11.1 Å². The normalized spacial score (nSPS) is 10.4. The third kappa shape index (κ3) is 2.90. The summed E-state index contributed by atoms with van der Waals surface area (Å²) in [4.78, 5) is 23.9. The number of primary amides is 1. The number of aromatic nitrogens is 2. The summed E-state index contributed by atoms with van der Waals surface area (Å²) in [5, 5.41) is 7.18. The molecular formula is C14H15ClN4O2. The average Bonchev–Trinajstić information content (AvgIpc) is 2.75. The molecule has 21 heavy (non-hydrogen) atoms. The summed E-state index contributed by atoms with van der Waals surface area (Å²) in [5.74, 6) is -1.06. The molecule has 1 aromatic carbocycles. The maximum atomic E-state index is 12.3. The third-order valence-electron chi connectivity index (χ3n) is 3.02. The van der Waals surface area contributed by atoms with Gasteiger partial charge in [0.1, 0.15) is 5.69 Å². The van der Waals surface area contributed by atoms with E-state index in [0.717, 1.165) is 0 Å². The second kappa shape index (κ2) is 5.97. The van der Waals surface area contributed by atoms with E-state index in [1.165, 1.54) is 4.68 Å². The minimum Gasteiger partial charge on any atom is -0.364 e. The summed E-state index contributed by atoms with van der Waals surface area (Å²) >= 11 is 5.99. The molecule has 0 aliphatic carbocycles. The van der Waals surface area contributed by atoms with Crippen LogP contribution in [0.25, 0.3) is 0 Å². The predicted molar refractivity (Wildman–Crippen MR) is 80.6 cm³/mol. The number of carbonyl (C=O) groups excluding carboxylic acids is 2. The molecule has 0 saturated heterocycles. The van der Waals surface area contributed by atoms with E-state index in [2.05, 4.69) is 10.4 Å². The number of benzene rings is 1. The van der Waals surface area contributed by atoms with Gasteiger partial charge in [0.05, 0.1) is 22.0 Å². The lowest BCUT2D eigenvalue weighted by atomic mass is 10.2. The van der Waals surface area contributed by atoms with Crippen molar-refractivity contribution < 1.29 is 9.59 Å². The van der Waals surface area contributed by atoms with E-state index in [4.69, 9.17) is 17.3 Å². The van der Waals surface area contributed by atoms with Gasteiger partial charge in [-0.15, -0.1) is 0 Å². The number of nitrogens with zero attached hydrogens (tertiary/aromatic N) is 2. The van der Waals surface area contributed by atoms with Crippen LogP contribution < -0.4 is 11.1 Å². The Kier molecular flexibility index (Phi) is 4.28. The number of hydrogen-bond acceptors (Lipinski definition) is 3. The van der Waals surface area contributed by atoms with E-state index in [-0.39, 0.29) is 5.69 Å². The Labute approximate surface area is 126 Å². The molecule has 2 amide bonds. The first-order valence-corrected chi connectivity index (χ1v) is 6.76. The second-order valence-corrected chi connectivity index (χ2v) is 4.83. The van der Waals surface area contributed by atoms with Crippen LogP contribution in [0.1, 0.15) is 33.5 Å². The van der Waals surface area contributed by atoms with Crippen molar-refractivity contribution in [3.63, 3.8) is 0 Å². The van der Waals surface area contributed by atoms with Crippen LogP contribution in [0.5, 0.6) is 0 Å². The van der Waals surface area contributed by atoms with Crippen LogP contribution in [0, 0.1) is 6.92 Å². The molecule has 2 aromatic rings. The maximum Gasteiger partial charge on any atom is 0.269 e. The molecule has 0 saturated carbocycles. The summed E-state index contributed by atoms with van der Waals surface area (Å²) in [7, 11) is 0. The fraction of sp³-hybridized carbons (Fsp3) is 0.214. The maximum absolute atomic E-state index is 12.3. The molecule has 3 N–H and O–H groups in total. The summed E-state index contributed by atoms with van der Waals surface area (Å²) in [6.07, 6.45) is 0. The molecule has 0 aliphatic heterocycles. The van der Waals surface area contributed by atoms with Gasteiger partial charge >= 0.3 is 0 Å². The monoisotopic (exact) mass is 306 g/mol. The number of hydrogen-bond donors (Lipinski definition) is 2. The summed E-state index contributed by atoms with van der Waals surface area (Å²) < 4.78 is 1.46. The van der Waals surface area contributed by atoms with E-state index in [9.17, 15) is 9.59 Å². The molecule has 0 radical (unpaired) electrons. The lowest BCUT2D eigenvalue weighted by Crippen LogP contribution is -2.21. The van der Waals surface area contributed by atoms with Gasteiger partial charge in [-0.05, 0) is 26.0 Å². The second-order valence-electron chi connectivity index (χ2n) is 4.42.